The van der Waals surface area contributed by atoms with Gasteiger partial charge in [-0.25, -0.2) is 4.39 Å². The predicted molar refractivity (Wildman–Crippen MR) is 149 cm³/mol. The summed E-state index contributed by atoms with van der Waals surface area (Å²) in [6.07, 6.45) is 2.79. The molecule has 0 aliphatic heterocycles. The van der Waals surface area contributed by atoms with Gasteiger partial charge in [0.1, 0.15) is 29.0 Å². The monoisotopic (exact) mass is 554 g/mol. The summed E-state index contributed by atoms with van der Waals surface area (Å²) in [6.45, 7) is 0. The summed E-state index contributed by atoms with van der Waals surface area (Å²) >= 11 is 0. The maximum atomic E-state index is 13.4. The molecule has 5 aromatic rings. The highest BCUT2D eigenvalue weighted by molar-refractivity contribution is 7.95. The van der Waals surface area contributed by atoms with Gasteiger partial charge in [-0.1, -0.05) is 91.0 Å². The molecule has 36 heavy (non-hydrogen) atoms. The van der Waals surface area contributed by atoms with Gasteiger partial charge in [0.05, 0.1) is 6.16 Å². The van der Waals surface area contributed by atoms with Crippen molar-refractivity contribution in [2.75, 3.05) is 0 Å². The molecule has 0 aromatic heterocycles. The average molecular weight is 555 g/mol. The van der Waals surface area contributed by atoms with Gasteiger partial charge in [-0.05, 0) is 78.1 Å². The lowest BCUT2D eigenvalue weighted by Gasteiger charge is -2.28. The third-order valence-corrected chi connectivity index (χ3v) is 11.1. The molecule has 0 unspecified atom stereocenters. The van der Waals surface area contributed by atoms with Crippen LogP contribution in [0.15, 0.2) is 140 Å². The molecular weight excluding hydrogens is 526 g/mol. The largest absolute Gasteiger partial charge is 1.00 e. The molecule has 0 heterocycles. The second-order valence-electron chi connectivity index (χ2n) is 8.87. The molecule has 0 saturated heterocycles. The Morgan fingerprint density at radius 1 is 0.444 bits per heavy atom. The summed E-state index contributed by atoms with van der Waals surface area (Å²) in [6, 6.07) is 48.8. The molecule has 0 spiro atoms. The van der Waals surface area contributed by atoms with Crippen molar-refractivity contribution in [3.8, 4) is 0 Å². The lowest BCUT2D eigenvalue weighted by atomic mass is 10.0. The first-order chi connectivity index (χ1) is 17.3. The van der Waals surface area contributed by atoms with E-state index in [0.717, 1.165) is 24.6 Å². The van der Waals surface area contributed by atoms with Gasteiger partial charge in [0.2, 0.25) is 0 Å². The fraction of sp³-hybridized carbons (Fsp3) is 0.0909. The van der Waals surface area contributed by atoms with Crippen molar-refractivity contribution in [3.05, 3.63) is 162 Å². The fourth-order valence-electron chi connectivity index (χ4n) is 4.91. The zero-order valence-corrected chi connectivity index (χ0v) is 22.6. The number of halogens is 2. The first-order valence-electron chi connectivity index (χ1n) is 12.1. The van der Waals surface area contributed by atoms with Gasteiger partial charge in [-0.3, -0.25) is 0 Å². The van der Waals surface area contributed by atoms with Gasteiger partial charge in [-0.2, -0.15) is 0 Å². The van der Waals surface area contributed by atoms with Crippen molar-refractivity contribution in [2.45, 2.75) is 19.0 Å². The molecule has 0 bridgehead atoms. The van der Waals surface area contributed by atoms with E-state index < -0.39 is 7.26 Å². The fourth-order valence-corrected chi connectivity index (χ4v) is 9.21. The van der Waals surface area contributed by atoms with E-state index >= 15 is 0 Å². The van der Waals surface area contributed by atoms with Crippen LogP contribution in [0.25, 0.3) is 0 Å². The van der Waals surface area contributed by atoms with Crippen molar-refractivity contribution in [1.29, 1.82) is 0 Å². The van der Waals surface area contributed by atoms with E-state index in [2.05, 4.69) is 115 Å². The minimum Gasteiger partial charge on any atom is -1.00 e. The highest BCUT2D eigenvalue weighted by Crippen LogP contribution is 2.58. The molecule has 0 aliphatic carbocycles. The quantitative estimate of drug-likeness (QED) is 0.253. The van der Waals surface area contributed by atoms with Crippen molar-refractivity contribution in [3.63, 3.8) is 0 Å². The summed E-state index contributed by atoms with van der Waals surface area (Å²) in [5.41, 5.74) is 3.92. The first-order valence-corrected chi connectivity index (χ1v) is 14.1. The van der Waals surface area contributed by atoms with Gasteiger partial charge in [0.15, 0.2) is 0 Å². The highest BCUT2D eigenvalue weighted by atomic mass is 79.9. The topological polar surface area (TPSA) is 0 Å². The number of hydrogen-bond acceptors (Lipinski definition) is 0. The molecule has 0 nitrogen and oxygen atoms in total. The number of benzene rings is 5. The van der Waals surface area contributed by atoms with Gasteiger partial charge < -0.3 is 17.0 Å². The number of rotatable bonds is 8. The van der Waals surface area contributed by atoms with Gasteiger partial charge >= 0.3 is 0 Å². The van der Waals surface area contributed by atoms with E-state index in [-0.39, 0.29) is 22.8 Å². The van der Waals surface area contributed by atoms with E-state index in [1.54, 1.807) is 12.1 Å². The molecule has 0 amide bonds. The number of aryl methyl sites for hydroxylation is 2. The van der Waals surface area contributed by atoms with Crippen molar-refractivity contribution >= 4 is 23.2 Å². The molecule has 0 atom stereocenters. The third-order valence-electron chi connectivity index (χ3n) is 6.71. The molecule has 5 aromatic carbocycles. The maximum absolute atomic E-state index is 13.4. The minimum atomic E-state index is -1.95. The van der Waals surface area contributed by atoms with Crippen molar-refractivity contribution in [2.24, 2.45) is 0 Å². The molecule has 0 radical (unpaired) electrons. The van der Waals surface area contributed by atoms with Crippen LogP contribution in [0.2, 0.25) is 0 Å². The summed E-state index contributed by atoms with van der Waals surface area (Å²) in [5.74, 6) is -0.183. The summed E-state index contributed by atoms with van der Waals surface area (Å²) in [5, 5.41) is 4.18. The van der Waals surface area contributed by atoms with Crippen molar-refractivity contribution < 1.29 is 21.4 Å². The van der Waals surface area contributed by atoms with E-state index in [1.165, 1.54) is 27.0 Å². The van der Waals surface area contributed by atoms with Crippen molar-refractivity contribution in [1.82, 2.24) is 0 Å². The van der Waals surface area contributed by atoms with Crippen LogP contribution in [0.4, 0.5) is 4.39 Å². The van der Waals surface area contributed by atoms with Crippen LogP contribution in [0.1, 0.15) is 16.7 Å². The second-order valence-corrected chi connectivity index (χ2v) is 12.4. The minimum absolute atomic E-state index is 0. The van der Waals surface area contributed by atoms with Crippen LogP contribution in [0, 0.1) is 5.82 Å². The van der Waals surface area contributed by atoms with Crippen LogP contribution in [-0.2, 0) is 19.0 Å². The third kappa shape index (κ3) is 5.67. The second kappa shape index (κ2) is 12.3. The molecular formula is C33H29BrFP. The van der Waals surface area contributed by atoms with Crippen LogP contribution in [-0.4, -0.2) is 0 Å². The molecule has 0 N–H and O–H groups in total. The Labute approximate surface area is 225 Å². The van der Waals surface area contributed by atoms with E-state index in [9.17, 15) is 4.39 Å². The SMILES string of the molecule is Fc1ccc(CCc2ccccc2C[P+](c2ccccc2)(c2ccccc2)c2ccccc2)cc1.[Br-]. The van der Waals surface area contributed by atoms with Crippen LogP contribution in [0.3, 0.4) is 0 Å². The first kappa shape index (κ1) is 26.0. The molecule has 5 rings (SSSR count). The normalized spacial score (nSPS) is 11.0. The molecule has 0 fully saturated rings. The summed E-state index contributed by atoms with van der Waals surface area (Å²) < 4.78 is 13.4. The van der Waals surface area contributed by atoms with E-state index in [1.807, 2.05) is 12.1 Å². The smallest absolute Gasteiger partial charge is 0.123 e. The van der Waals surface area contributed by atoms with Crippen LogP contribution in [0.5, 0.6) is 0 Å². The van der Waals surface area contributed by atoms with E-state index in [4.69, 9.17) is 0 Å². The predicted octanol–water partition coefficient (Wildman–Crippen LogP) is 4.11. The average Bonchev–Trinajstić information content (AvgIpc) is 2.93. The Hall–Kier alpha value is -3.06. The van der Waals surface area contributed by atoms with Crippen LogP contribution >= 0.6 is 7.26 Å². The lowest BCUT2D eigenvalue weighted by molar-refractivity contribution is -0.00000742. The standard InChI is InChI=1S/C33H29FP.BrH/c34-30-24-21-27(22-25-30)20-23-28-12-10-11-13-29(28)26-35(31-14-4-1-5-15-31,32-16-6-2-7-17-32)33-18-8-3-9-19-33;/h1-19,21-22,24-25H,20,23,26H2;1H/q+1;/p-1. The van der Waals surface area contributed by atoms with Gasteiger partial charge in [0.25, 0.3) is 0 Å². The van der Waals surface area contributed by atoms with E-state index in [0.29, 0.717) is 0 Å². The Morgan fingerprint density at radius 3 is 1.33 bits per heavy atom. The zero-order chi connectivity index (χ0) is 23.9. The lowest BCUT2D eigenvalue weighted by Crippen LogP contribution is -3.00. The Balaban J connectivity index is 0.00000304. The summed E-state index contributed by atoms with van der Waals surface area (Å²) in [7, 11) is -1.95. The summed E-state index contributed by atoms with van der Waals surface area (Å²) in [4.78, 5) is 0. The maximum Gasteiger partial charge on any atom is 0.123 e. The molecule has 180 valence electrons. The molecule has 0 saturated carbocycles. The Bertz CT molecular complexity index is 1260. The molecule has 3 heteroatoms. The van der Waals surface area contributed by atoms with Crippen LogP contribution < -0.4 is 32.9 Å². The Kier molecular flexibility index (Phi) is 8.86. The number of hydrogen-bond donors (Lipinski definition) is 0. The zero-order valence-electron chi connectivity index (χ0n) is 20.1. The Morgan fingerprint density at radius 2 is 0.861 bits per heavy atom. The van der Waals surface area contributed by atoms with Gasteiger partial charge in [0, 0.05) is 0 Å². The molecule has 0 aliphatic rings. The highest BCUT2D eigenvalue weighted by Gasteiger charge is 2.45. The van der Waals surface area contributed by atoms with Gasteiger partial charge in [-0.15, -0.1) is 0 Å².